The van der Waals surface area contributed by atoms with E-state index in [1.165, 1.54) is 0 Å². The molecule has 1 heterocycles. The molecule has 1 rings (SSSR count). The van der Waals surface area contributed by atoms with E-state index in [1.54, 1.807) is 6.20 Å². The van der Waals surface area contributed by atoms with Crippen molar-refractivity contribution < 1.29 is 18.3 Å². The summed E-state index contributed by atoms with van der Waals surface area (Å²) < 4.78 is 26.1. The quantitative estimate of drug-likeness (QED) is 0.752. The first-order chi connectivity index (χ1) is 8.31. The summed E-state index contributed by atoms with van der Waals surface area (Å²) in [6, 6.07) is 0. The normalized spacial score (nSPS) is 10.9. The van der Waals surface area contributed by atoms with Crippen molar-refractivity contribution in [2.45, 2.75) is 26.3 Å². The van der Waals surface area contributed by atoms with E-state index in [0.29, 0.717) is 19.0 Å². The van der Waals surface area contributed by atoms with Crippen LogP contribution in [-0.2, 0) is 21.4 Å². The van der Waals surface area contributed by atoms with Gasteiger partial charge in [0.15, 0.2) is 0 Å². The summed E-state index contributed by atoms with van der Waals surface area (Å²) in [6.07, 6.45) is 4.75. The van der Waals surface area contributed by atoms with Gasteiger partial charge in [-0.3, -0.25) is 4.79 Å². The van der Waals surface area contributed by atoms with Gasteiger partial charge in [0.25, 0.3) is 6.47 Å². The lowest BCUT2D eigenvalue weighted by Gasteiger charge is -2.10. The van der Waals surface area contributed by atoms with Gasteiger partial charge in [-0.25, -0.2) is 18.1 Å². The van der Waals surface area contributed by atoms with E-state index in [4.69, 9.17) is 9.90 Å². The highest BCUT2D eigenvalue weighted by molar-refractivity contribution is 7.88. The summed E-state index contributed by atoms with van der Waals surface area (Å²) in [7, 11) is -3.09. The van der Waals surface area contributed by atoms with E-state index in [-0.39, 0.29) is 6.47 Å². The molecule has 0 fully saturated rings. The maximum absolute atomic E-state index is 10.8. The Labute approximate surface area is 107 Å². The van der Waals surface area contributed by atoms with Crippen LogP contribution in [0.15, 0.2) is 12.4 Å². The van der Waals surface area contributed by atoms with Crippen LogP contribution < -0.4 is 4.72 Å². The molecule has 0 atom stereocenters. The van der Waals surface area contributed by atoms with Gasteiger partial charge in [0, 0.05) is 31.4 Å². The lowest BCUT2D eigenvalue weighted by atomic mass is 10.2. The Morgan fingerprint density at radius 1 is 1.56 bits per heavy atom. The minimum Gasteiger partial charge on any atom is -0.483 e. The van der Waals surface area contributed by atoms with Crippen molar-refractivity contribution in [2.75, 3.05) is 12.8 Å². The predicted molar refractivity (Wildman–Crippen MR) is 67.9 cm³/mol. The van der Waals surface area contributed by atoms with Crippen molar-refractivity contribution in [3.05, 3.63) is 18.2 Å². The molecule has 0 bridgehead atoms. The maximum Gasteiger partial charge on any atom is 0.290 e. The third-order valence-electron chi connectivity index (χ3n) is 1.98. The van der Waals surface area contributed by atoms with Crippen molar-refractivity contribution >= 4 is 16.5 Å². The minimum atomic E-state index is -3.09. The highest BCUT2D eigenvalue weighted by Crippen LogP contribution is 2.10. The first-order valence-electron chi connectivity index (χ1n) is 5.35. The first-order valence-corrected chi connectivity index (χ1v) is 7.24. The Hall–Kier alpha value is -1.41. The highest BCUT2D eigenvalue weighted by atomic mass is 32.2. The molecule has 104 valence electrons. The topological polar surface area (TPSA) is 101 Å². The Bertz CT molecular complexity index is 453. The Morgan fingerprint density at radius 2 is 2.11 bits per heavy atom. The molecule has 1 aromatic heterocycles. The molecule has 1 aromatic rings. The number of imidazole rings is 1. The van der Waals surface area contributed by atoms with E-state index < -0.39 is 10.0 Å². The third kappa shape index (κ3) is 7.02. The van der Waals surface area contributed by atoms with E-state index >= 15 is 0 Å². The number of sulfonamides is 1. The van der Waals surface area contributed by atoms with Gasteiger partial charge in [0.05, 0.1) is 6.26 Å². The van der Waals surface area contributed by atoms with Crippen LogP contribution in [0.25, 0.3) is 0 Å². The lowest BCUT2D eigenvalue weighted by molar-refractivity contribution is -0.122. The van der Waals surface area contributed by atoms with E-state index in [2.05, 4.69) is 23.6 Å². The first kappa shape index (κ1) is 16.6. The van der Waals surface area contributed by atoms with Crippen molar-refractivity contribution in [3.8, 4) is 0 Å². The number of aromatic nitrogens is 2. The van der Waals surface area contributed by atoms with Crippen molar-refractivity contribution in [1.29, 1.82) is 0 Å². The Morgan fingerprint density at radius 3 is 2.56 bits per heavy atom. The summed E-state index contributed by atoms with van der Waals surface area (Å²) >= 11 is 0. The molecule has 7 nitrogen and oxygen atoms in total. The average Bonchev–Trinajstić information content (AvgIpc) is 2.65. The van der Waals surface area contributed by atoms with Crippen molar-refractivity contribution in [1.82, 2.24) is 14.3 Å². The largest absolute Gasteiger partial charge is 0.483 e. The van der Waals surface area contributed by atoms with Gasteiger partial charge in [-0.05, 0) is 0 Å². The van der Waals surface area contributed by atoms with Gasteiger partial charge >= 0.3 is 0 Å². The van der Waals surface area contributed by atoms with Crippen LogP contribution in [-0.4, -0.2) is 42.3 Å². The number of carbonyl (C=O) groups is 1. The molecule has 0 aliphatic heterocycles. The molecule has 0 aliphatic carbocycles. The number of carboxylic acid groups (broad SMARTS) is 1. The third-order valence-corrected chi connectivity index (χ3v) is 2.71. The molecule has 0 spiro atoms. The fourth-order valence-electron chi connectivity index (χ4n) is 1.36. The molecular weight excluding hydrogens is 258 g/mol. The fourth-order valence-corrected chi connectivity index (χ4v) is 1.82. The smallest absolute Gasteiger partial charge is 0.290 e. The van der Waals surface area contributed by atoms with Crippen molar-refractivity contribution in [3.63, 3.8) is 0 Å². The summed E-state index contributed by atoms with van der Waals surface area (Å²) in [6.45, 7) is 4.88. The molecule has 0 saturated carbocycles. The van der Waals surface area contributed by atoms with Crippen LogP contribution in [0.3, 0.4) is 0 Å². The second-order valence-electron chi connectivity index (χ2n) is 3.91. The molecule has 0 saturated heterocycles. The van der Waals surface area contributed by atoms with Gasteiger partial charge in [-0.1, -0.05) is 13.8 Å². The molecule has 2 N–H and O–H groups in total. The molecule has 0 aliphatic rings. The monoisotopic (exact) mass is 277 g/mol. The van der Waals surface area contributed by atoms with Crippen LogP contribution >= 0.6 is 0 Å². The molecule has 0 amide bonds. The maximum atomic E-state index is 10.8. The van der Waals surface area contributed by atoms with E-state index in [9.17, 15) is 8.42 Å². The van der Waals surface area contributed by atoms with Crippen molar-refractivity contribution in [2.24, 2.45) is 0 Å². The van der Waals surface area contributed by atoms with Crippen LogP contribution in [0.2, 0.25) is 0 Å². The molecular formula is C10H19N3O4S. The Kier molecular flexibility index (Phi) is 7.21. The zero-order valence-electron chi connectivity index (χ0n) is 10.7. The van der Waals surface area contributed by atoms with Gasteiger partial charge < -0.3 is 9.67 Å². The fraction of sp³-hybridized carbons (Fsp3) is 0.600. The van der Waals surface area contributed by atoms with Crippen LogP contribution in [0, 0.1) is 0 Å². The molecule has 0 unspecified atom stereocenters. The van der Waals surface area contributed by atoms with Gasteiger partial charge in [0.2, 0.25) is 10.0 Å². The highest BCUT2D eigenvalue weighted by Gasteiger charge is 2.07. The van der Waals surface area contributed by atoms with Crippen LogP contribution in [0.4, 0.5) is 0 Å². The second-order valence-corrected chi connectivity index (χ2v) is 5.74. The Balaban J connectivity index is 0.000000873. The van der Waals surface area contributed by atoms with Gasteiger partial charge in [-0.15, -0.1) is 0 Å². The van der Waals surface area contributed by atoms with Gasteiger partial charge in [0.1, 0.15) is 5.82 Å². The second kappa shape index (κ2) is 7.83. The van der Waals surface area contributed by atoms with Gasteiger partial charge in [-0.2, -0.15) is 0 Å². The summed E-state index contributed by atoms with van der Waals surface area (Å²) in [5, 5.41) is 6.89. The zero-order valence-corrected chi connectivity index (χ0v) is 11.5. The zero-order chi connectivity index (χ0) is 14.2. The molecule has 0 aromatic carbocycles. The number of nitrogens with zero attached hydrogens (tertiary/aromatic N) is 2. The number of rotatable bonds is 5. The lowest BCUT2D eigenvalue weighted by Crippen LogP contribution is -2.26. The molecule has 18 heavy (non-hydrogen) atoms. The van der Waals surface area contributed by atoms with E-state index in [0.717, 1.165) is 12.1 Å². The number of nitrogens with one attached hydrogen (secondary N) is 1. The number of hydrogen-bond acceptors (Lipinski definition) is 4. The van der Waals surface area contributed by atoms with E-state index in [1.807, 2.05) is 10.8 Å². The van der Waals surface area contributed by atoms with Crippen LogP contribution in [0.5, 0.6) is 0 Å². The van der Waals surface area contributed by atoms with Crippen LogP contribution in [0.1, 0.15) is 25.6 Å². The molecule has 0 radical (unpaired) electrons. The summed E-state index contributed by atoms with van der Waals surface area (Å²) in [5.41, 5.74) is 0. The average molecular weight is 277 g/mol. The summed E-state index contributed by atoms with van der Waals surface area (Å²) in [5.74, 6) is 1.32. The predicted octanol–water partition coefficient (Wildman–Crippen LogP) is 0.257. The number of hydrogen-bond donors (Lipinski definition) is 2. The molecule has 8 heteroatoms. The standard InChI is InChI=1S/C9H17N3O2S.CH2O2/c1-8(2)9-10-4-6-12(9)7-5-11-15(3,13)14;2-1-3/h4,6,8,11H,5,7H2,1-3H3;1H,(H,2,3). The summed E-state index contributed by atoms with van der Waals surface area (Å²) in [4.78, 5) is 12.6. The minimum absolute atomic E-state index is 0.250. The SMILES string of the molecule is CC(C)c1nccn1CCNS(C)(=O)=O.O=CO.